The number of nitrogens with zero attached hydrogens (tertiary/aromatic N) is 2. The molecule has 0 amide bonds. The molecule has 3 heteroatoms. The highest BCUT2D eigenvalue weighted by Crippen LogP contribution is 2.08. The van der Waals surface area contributed by atoms with Crippen molar-refractivity contribution in [2.45, 2.75) is 84.7 Å². The molecule has 0 bridgehead atoms. The summed E-state index contributed by atoms with van der Waals surface area (Å²) >= 11 is 0. The smallest absolute Gasteiger partial charge is 0.299 e. The number of rotatable bonds is 11. The molecular formula is C16H30N2O. The van der Waals surface area contributed by atoms with E-state index in [0.717, 1.165) is 25.9 Å². The van der Waals surface area contributed by atoms with Gasteiger partial charge in [-0.25, -0.2) is 4.79 Å². The third-order valence-electron chi connectivity index (χ3n) is 3.64. The zero-order chi connectivity index (χ0) is 13.9. The predicted octanol–water partition coefficient (Wildman–Crippen LogP) is 4.20. The van der Waals surface area contributed by atoms with Crippen LogP contribution in [0.3, 0.4) is 0 Å². The van der Waals surface area contributed by atoms with Gasteiger partial charge in [0, 0.05) is 25.5 Å². The molecule has 0 saturated heterocycles. The molecular weight excluding hydrogens is 236 g/mol. The normalized spacial score (nSPS) is 11.1. The van der Waals surface area contributed by atoms with Crippen molar-refractivity contribution < 1.29 is 0 Å². The summed E-state index contributed by atoms with van der Waals surface area (Å²) in [5.74, 6) is 0. The van der Waals surface area contributed by atoms with E-state index in [9.17, 15) is 4.79 Å². The minimum Gasteiger partial charge on any atom is -0.299 e. The molecule has 110 valence electrons. The zero-order valence-corrected chi connectivity index (χ0v) is 12.7. The molecule has 0 unspecified atom stereocenters. The first-order valence-corrected chi connectivity index (χ1v) is 8.05. The second kappa shape index (κ2) is 9.88. The van der Waals surface area contributed by atoms with E-state index in [1.54, 1.807) is 0 Å². The fraction of sp³-hybridized carbons (Fsp3) is 0.812. The molecule has 0 aromatic carbocycles. The number of hydrogen-bond donors (Lipinski definition) is 0. The zero-order valence-electron chi connectivity index (χ0n) is 12.7. The molecule has 0 aliphatic rings. The van der Waals surface area contributed by atoms with Crippen molar-refractivity contribution in [1.82, 2.24) is 9.13 Å². The average molecular weight is 266 g/mol. The molecule has 0 fully saturated rings. The average Bonchev–Trinajstić information content (AvgIpc) is 2.75. The van der Waals surface area contributed by atoms with Gasteiger partial charge >= 0.3 is 5.69 Å². The van der Waals surface area contributed by atoms with Gasteiger partial charge in [0.1, 0.15) is 0 Å². The van der Waals surface area contributed by atoms with Crippen molar-refractivity contribution >= 4 is 0 Å². The Bertz CT molecular complexity index is 378. The van der Waals surface area contributed by atoms with Gasteiger partial charge in [-0.3, -0.25) is 9.13 Å². The fourth-order valence-electron chi connectivity index (χ4n) is 2.45. The summed E-state index contributed by atoms with van der Waals surface area (Å²) in [5, 5.41) is 0. The number of aromatic nitrogens is 2. The van der Waals surface area contributed by atoms with Crippen molar-refractivity contribution in [1.29, 1.82) is 0 Å². The van der Waals surface area contributed by atoms with E-state index < -0.39 is 0 Å². The van der Waals surface area contributed by atoms with Gasteiger partial charge in [0.05, 0.1) is 0 Å². The Kier molecular flexibility index (Phi) is 8.35. The maximum atomic E-state index is 11.9. The van der Waals surface area contributed by atoms with E-state index >= 15 is 0 Å². The summed E-state index contributed by atoms with van der Waals surface area (Å²) < 4.78 is 3.66. The molecule has 1 aromatic heterocycles. The highest BCUT2D eigenvalue weighted by atomic mass is 16.1. The van der Waals surface area contributed by atoms with Gasteiger partial charge in [0.2, 0.25) is 0 Å². The van der Waals surface area contributed by atoms with Crippen LogP contribution in [-0.2, 0) is 13.1 Å². The summed E-state index contributed by atoms with van der Waals surface area (Å²) in [6, 6.07) is 0. The molecule has 19 heavy (non-hydrogen) atoms. The van der Waals surface area contributed by atoms with E-state index in [1.165, 1.54) is 44.9 Å². The monoisotopic (exact) mass is 266 g/mol. The molecule has 1 heterocycles. The van der Waals surface area contributed by atoms with Crippen LogP contribution in [0.5, 0.6) is 0 Å². The Morgan fingerprint density at radius 3 is 1.84 bits per heavy atom. The van der Waals surface area contributed by atoms with Crippen LogP contribution in [0.2, 0.25) is 0 Å². The van der Waals surface area contributed by atoms with Crippen molar-refractivity contribution in [3.8, 4) is 0 Å². The van der Waals surface area contributed by atoms with Crippen molar-refractivity contribution in [3.63, 3.8) is 0 Å². The highest BCUT2D eigenvalue weighted by molar-refractivity contribution is 4.81. The first-order chi connectivity index (χ1) is 9.29. The molecule has 0 spiro atoms. The Morgan fingerprint density at radius 1 is 0.737 bits per heavy atom. The van der Waals surface area contributed by atoms with Crippen LogP contribution >= 0.6 is 0 Å². The van der Waals surface area contributed by atoms with E-state index in [2.05, 4.69) is 13.8 Å². The van der Waals surface area contributed by atoms with Gasteiger partial charge in [-0.1, -0.05) is 58.8 Å². The summed E-state index contributed by atoms with van der Waals surface area (Å²) in [6.07, 6.45) is 15.4. The third-order valence-corrected chi connectivity index (χ3v) is 3.64. The SMILES string of the molecule is CCCCCCCCCCn1ccn(CCC)c1=O. The second-order valence-corrected chi connectivity index (χ2v) is 5.44. The van der Waals surface area contributed by atoms with Crippen LogP contribution in [0.25, 0.3) is 0 Å². The number of hydrogen-bond acceptors (Lipinski definition) is 1. The van der Waals surface area contributed by atoms with Crippen LogP contribution in [-0.4, -0.2) is 9.13 Å². The van der Waals surface area contributed by atoms with Crippen molar-refractivity contribution in [3.05, 3.63) is 22.9 Å². The summed E-state index contributed by atoms with van der Waals surface area (Å²) in [7, 11) is 0. The first kappa shape index (κ1) is 16.1. The van der Waals surface area contributed by atoms with Crippen LogP contribution in [0.15, 0.2) is 17.2 Å². The van der Waals surface area contributed by atoms with E-state index in [-0.39, 0.29) is 5.69 Å². The lowest BCUT2D eigenvalue weighted by molar-refractivity contribution is 0.529. The lowest BCUT2D eigenvalue weighted by Crippen LogP contribution is -2.24. The Hall–Kier alpha value is -0.990. The molecule has 1 aromatic rings. The van der Waals surface area contributed by atoms with Gasteiger partial charge < -0.3 is 0 Å². The Morgan fingerprint density at radius 2 is 1.26 bits per heavy atom. The Labute approximate surface area is 117 Å². The molecule has 0 aliphatic carbocycles. The quantitative estimate of drug-likeness (QED) is 0.551. The fourth-order valence-corrected chi connectivity index (χ4v) is 2.45. The minimum atomic E-state index is 0.157. The van der Waals surface area contributed by atoms with E-state index in [4.69, 9.17) is 0 Å². The molecule has 0 atom stereocenters. The second-order valence-electron chi connectivity index (χ2n) is 5.44. The largest absolute Gasteiger partial charge is 0.328 e. The summed E-state index contributed by atoms with van der Waals surface area (Å²) in [6.45, 7) is 6.07. The maximum absolute atomic E-state index is 11.9. The highest BCUT2D eigenvalue weighted by Gasteiger charge is 2.01. The van der Waals surface area contributed by atoms with Gasteiger partial charge in [-0.05, 0) is 12.8 Å². The lowest BCUT2D eigenvalue weighted by Gasteiger charge is -2.03. The molecule has 0 saturated carbocycles. The van der Waals surface area contributed by atoms with Crippen LogP contribution in [0.4, 0.5) is 0 Å². The van der Waals surface area contributed by atoms with Crippen LogP contribution in [0.1, 0.15) is 71.6 Å². The van der Waals surface area contributed by atoms with Gasteiger partial charge in [0.25, 0.3) is 0 Å². The molecule has 0 N–H and O–H groups in total. The lowest BCUT2D eigenvalue weighted by atomic mass is 10.1. The van der Waals surface area contributed by atoms with Gasteiger partial charge in [-0.15, -0.1) is 0 Å². The molecule has 0 radical (unpaired) electrons. The first-order valence-electron chi connectivity index (χ1n) is 8.05. The predicted molar refractivity (Wildman–Crippen MR) is 81.6 cm³/mol. The Balaban J connectivity index is 2.11. The van der Waals surface area contributed by atoms with Crippen molar-refractivity contribution in [2.75, 3.05) is 0 Å². The topological polar surface area (TPSA) is 26.9 Å². The van der Waals surface area contributed by atoms with Crippen molar-refractivity contribution in [2.24, 2.45) is 0 Å². The molecule has 0 aliphatic heterocycles. The molecule has 3 nitrogen and oxygen atoms in total. The number of imidazole rings is 1. The van der Waals surface area contributed by atoms with E-state index in [1.807, 2.05) is 21.5 Å². The number of aryl methyl sites for hydroxylation is 2. The third kappa shape index (κ3) is 6.13. The van der Waals surface area contributed by atoms with Crippen LogP contribution < -0.4 is 5.69 Å². The minimum absolute atomic E-state index is 0.157. The van der Waals surface area contributed by atoms with Crippen LogP contribution in [0, 0.1) is 0 Å². The van der Waals surface area contributed by atoms with E-state index in [0.29, 0.717) is 0 Å². The summed E-state index contributed by atoms with van der Waals surface area (Å²) in [4.78, 5) is 11.9. The van der Waals surface area contributed by atoms with Gasteiger partial charge in [-0.2, -0.15) is 0 Å². The maximum Gasteiger partial charge on any atom is 0.328 e. The standard InChI is InChI=1S/C16H30N2O/c1-3-5-6-7-8-9-10-11-13-18-15-14-17(12-4-2)16(18)19/h14-15H,3-13H2,1-2H3. The molecule has 1 rings (SSSR count). The van der Waals surface area contributed by atoms with Gasteiger partial charge in [0.15, 0.2) is 0 Å². The number of unbranched alkanes of at least 4 members (excludes halogenated alkanes) is 7. The summed E-state index contributed by atoms with van der Waals surface area (Å²) in [5.41, 5.74) is 0.157.